The van der Waals surface area contributed by atoms with Crippen LogP contribution in [0.2, 0.25) is 13.3 Å². The van der Waals surface area contributed by atoms with Crippen LogP contribution in [0.25, 0.3) is 0 Å². The molecule has 0 fully saturated rings. The Morgan fingerprint density at radius 1 is 0.905 bits per heavy atom. The second-order valence-corrected chi connectivity index (χ2v) is 20.0. The van der Waals surface area contributed by atoms with Gasteiger partial charge in [-0.1, -0.05) is 0 Å². The minimum absolute atomic E-state index is 1.32. The zero-order valence-corrected chi connectivity index (χ0v) is 17.8. The van der Waals surface area contributed by atoms with E-state index in [1.165, 1.54) is 64.2 Å². The third-order valence-corrected chi connectivity index (χ3v) is 19.1. The van der Waals surface area contributed by atoms with Gasteiger partial charge in [0.05, 0.1) is 0 Å². The molecule has 0 heterocycles. The summed E-state index contributed by atoms with van der Waals surface area (Å²) in [6, 6.07) is 0. The summed E-state index contributed by atoms with van der Waals surface area (Å²) in [5.41, 5.74) is 1.66. The molecule has 0 nitrogen and oxygen atoms in total. The first-order valence-corrected chi connectivity index (χ1v) is 17.3. The number of hydrogen-bond donors (Lipinski definition) is 0. The molecule has 0 aromatic heterocycles. The van der Waals surface area contributed by atoms with E-state index in [1.54, 1.807) is 18.9 Å². The van der Waals surface area contributed by atoms with Crippen LogP contribution in [0.1, 0.15) is 85.0 Å². The maximum atomic E-state index is 2.84. The molecule has 0 aromatic carbocycles. The molecule has 0 aliphatic heterocycles. The Kier molecular flexibility index (Phi) is 10.9. The summed E-state index contributed by atoms with van der Waals surface area (Å²) in [6.07, 6.45) is 19.2. The molecule has 0 saturated carbocycles. The van der Waals surface area contributed by atoms with Gasteiger partial charge in [-0.25, -0.2) is 0 Å². The fourth-order valence-electron chi connectivity index (χ4n) is 3.51. The minimum atomic E-state index is -2.01. The molecule has 0 N–H and O–H groups in total. The summed E-state index contributed by atoms with van der Waals surface area (Å²) in [7, 11) is 0. The van der Waals surface area contributed by atoms with Crippen LogP contribution in [0, 0.1) is 0 Å². The quantitative estimate of drug-likeness (QED) is 0.318. The van der Waals surface area contributed by atoms with Crippen LogP contribution in [0.5, 0.6) is 0 Å². The van der Waals surface area contributed by atoms with Crippen molar-refractivity contribution in [2.45, 2.75) is 98.3 Å². The van der Waals surface area contributed by atoms with Crippen LogP contribution >= 0.6 is 0 Å². The molecule has 1 rings (SSSR count). The molecule has 1 heteroatoms. The second-order valence-electron chi connectivity index (χ2n) is 7.03. The van der Waals surface area contributed by atoms with Crippen molar-refractivity contribution in [3.05, 3.63) is 21.8 Å². The molecule has 0 aromatic rings. The molecule has 0 atom stereocenters. The average molecular weight is 397 g/mol. The molecule has 0 amide bonds. The summed E-state index contributed by atoms with van der Waals surface area (Å²) in [5.74, 6) is 0. The summed E-state index contributed by atoms with van der Waals surface area (Å²) in [6.45, 7) is 7.09. The van der Waals surface area contributed by atoms with E-state index in [0.717, 1.165) is 0 Å². The SMILES string of the molecule is CCC[CH2][Sn](/[CH]=C\C1=CCCCC1)([CH2]CCC)[CH2]CCC. The summed E-state index contributed by atoms with van der Waals surface area (Å²) >= 11 is -2.01. The van der Waals surface area contributed by atoms with E-state index in [0.29, 0.717) is 0 Å². The van der Waals surface area contributed by atoms with Gasteiger partial charge in [0.25, 0.3) is 0 Å². The van der Waals surface area contributed by atoms with Crippen LogP contribution in [-0.4, -0.2) is 18.4 Å². The average Bonchev–Trinajstić information content (AvgIpc) is 2.54. The van der Waals surface area contributed by atoms with Gasteiger partial charge in [0.2, 0.25) is 0 Å². The zero-order valence-electron chi connectivity index (χ0n) is 14.9. The molecule has 21 heavy (non-hydrogen) atoms. The normalized spacial score (nSPS) is 16.4. The first-order chi connectivity index (χ1) is 10.3. The van der Waals surface area contributed by atoms with E-state index in [9.17, 15) is 0 Å². The monoisotopic (exact) mass is 398 g/mol. The van der Waals surface area contributed by atoms with Crippen LogP contribution in [0.15, 0.2) is 21.8 Å². The van der Waals surface area contributed by atoms with E-state index in [2.05, 4.69) is 37.0 Å². The summed E-state index contributed by atoms with van der Waals surface area (Å²) in [4.78, 5) is 0. The van der Waals surface area contributed by atoms with E-state index in [1.807, 2.05) is 0 Å². The molecule has 1 aliphatic rings. The predicted octanol–water partition coefficient (Wildman–Crippen LogP) is 7.43. The van der Waals surface area contributed by atoms with Crippen molar-refractivity contribution in [1.29, 1.82) is 0 Å². The second kappa shape index (κ2) is 11.8. The number of unbranched alkanes of at least 4 members (excludes halogenated alkanes) is 3. The third kappa shape index (κ3) is 7.90. The van der Waals surface area contributed by atoms with Gasteiger partial charge < -0.3 is 0 Å². The maximum absolute atomic E-state index is 2.84. The van der Waals surface area contributed by atoms with Gasteiger partial charge in [0, 0.05) is 0 Å². The van der Waals surface area contributed by atoms with Gasteiger partial charge in [-0.15, -0.1) is 0 Å². The zero-order chi connectivity index (χ0) is 15.4. The van der Waals surface area contributed by atoms with E-state index >= 15 is 0 Å². The Bertz CT molecular complexity index is 292. The number of allylic oxidation sites excluding steroid dienone is 3. The van der Waals surface area contributed by atoms with Gasteiger partial charge in [-0.05, 0) is 0 Å². The Balaban J connectivity index is 2.78. The van der Waals surface area contributed by atoms with Crippen LogP contribution in [-0.2, 0) is 0 Å². The Morgan fingerprint density at radius 2 is 1.48 bits per heavy atom. The molecule has 1 aliphatic carbocycles. The number of rotatable bonds is 11. The van der Waals surface area contributed by atoms with Crippen molar-refractivity contribution in [1.82, 2.24) is 0 Å². The van der Waals surface area contributed by atoms with E-state index in [-0.39, 0.29) is 0 Å². The third-order valence-electron chi connectivity index (χ3n) is 5.06. The van der Waals surface area contributed by atoms with Gasteiger partial charge >= 0.3 is 138 Å². The van der Waals surface area contributed by atoms with Crippen molar-refractivity contribution in [2.75, 3.05) is 0 Å². The van der Waals surface area contributed by atoms with Gasteiger partial charge in [0.15, 0.2) is 0 Å². The first-order valence-electron chi connectivity index (χ1n) is 9.64. The van der Waals surface area contributed by atoms with Crippen molar-refractivity contribution in [2.24, 2.45) is 0 Å². The van der Waals surface area contributed by atoms with Crippen LogP contribution in [0.4, 0.5) is 0 Å². The standard InChI is InChI=1S/C8H11.3C4H9.Sn/c1-2-8-6-4-3-5-7-8;3*1-3-4-2;/h1-2,6H,3-5,7H2;3*1,3-4H2,2H3;. The molecule has 0 bridgehead atoms. The molecule has 0 radical (unpaired) electrons. The van der Waals surface area contributed by atoms with Crippen LogP contribution in [0.3, 0.4) is 0 Å². The molecule has 0 saturated heterocycles. The van der Waals surface area contributed by atoms with Crippen molar-refractivity contribution >= 4 is 18.4 Å². The Hall–Kier alpha value is 0.279. The van der Waals surface area contributed by atoms with Crippen molar-refractivity contribution in [3.63, 3.8) is 0 Å². The molecular weight excluding hydrogens is 359 g/mol. The topological polar surface area (TPSA) is 0 Å². The molecular formula is C20H38Sn. The fourth-order valence-corrected chi connectivity index (χ4v) is 17.8. The predicted molar refractivity (Wildman–Crippen MR) is 101 cm³/mol. The van der Waals surface area contributed by atoms with E-state index in [4.69, 9.17) is 0 Å². The first kappa shape index (κ1) is 19.3. The van der Waals surface area contributed by atoms with Gasteiger partial charge in [-0.3, -0.25) is 0 Å². The Morgan fingerprint density at radius 3 is 1.90 bits per heavy atom. The summed E-state index contributed by atoms with van der Waals surface area (Å²) < 4.78 is 7.66. The van der Waals surface area contributed by atoms with Crippen molar-refractivity contribution < 1.29 is 0 Å². The molecule has 0 unspecified atom stereocenters. The van der Waals surface area contributed by atoms with Gasteiger partial charge in [0.1, 0.15) is 0 Å². The van der Waals surface area contributed by atoms with Gasteiger partial charge in [-0.2, -0.15) is 0 Å². The summed E-state index contributed by atoms with van der Waals surface area (Å²) in [5, 5.41) is 0. The fraction of sp³-hybridized carbons (Fsp3) is 0.800. The van der Waals surface area contributed by atoms with Crippen molar-refractivity contribution in [3.8, 4) is 0 Å². The van der Waals surface area contributed by atoms with E-state index < -0.39 is 18.4 Å². The number of hydrogen-bond acceptors (Lipinski definition) is 0. The molecule has 0 spiro atoms. The van der Waals surface area contributed by atoms with Crippen LogP contribution < -0.4 is 0 Å². The Labute approximate surface area is 138 Å². The molecule has 122 valence electrons.